The number of ether oxygens (including phenoxy) is 1. The van der Waals surface area contributed by atoms with Crippen molar-refractivity contribution in [2.75, 3.05) is 0 Å². The number of pyridine rings is 1. The number of esters is 1. The molecular weight excluding hydrogens is 1290 g/mol. The van der Waals surface area contributed by atoms with E-state index in [2.05, 4.69) is 54.6 Å². The summed E-state index contributed by atoms with van der Waals surface area (Å²) < 4.78 is 349. The SMILES string of the molecule is FC(F)(F)c1cc([B-](c2cc(C(F)(F)F)cc(C(F)(F)F)c2)(c2cc(C(F)(F)F)cc(C(F)(F)F)c2)c2cc(C(F)(F)F)cc(C(F)(F)F)c2)cc(C(F)(F)F)c1.O=C(Oc1ccc2ccc3cccc4ccc1c2c34)c1c2ccccc2cc[n+]1Cc1ccccc1. The Labute approximate surface area is 506 Å². The highest BCUT2D eigenvalue weighted by Crippen LogP contribution is 2.43. The second-order valence-electron chi connectivity index (χ2n) is 21.4. The van der Waals surface area contributed by atoms with Gasteiger partial charge in [0.25, 0.3) is 5.69 Å². The molecule has 1 aromatic heterocycles. The summed E-state index contributed by atoms with van der Waals surface area (Å²) >= 11 is 0. The third kappa shape index (κ3) is 13.4. The quantitative estimate of drug-likeness (QED) is 0.0379. The highest BCUT2D eigenvalue weighted by molar-refractivity contribution is 7.20. The van der Waals surface area contributed by atoms with E-state index < -0.39 is 195 Å². The van der Waals surface area contributed by atoms with Crippen molar-refractivity contribution < 1.29 is 119 Å². The lowest BCUT2D eigenvalue weighted by atomic mass is 9.12. The minimum absolute atomic E-state index is 0.363. The molecule has 0 unspecified atom stereocenters. The van der Waals surface area contributed by atoms with Crippen molar-refractivity contribution >= 4 is 77.1 Å². The van der Waals surface area contributed by atoms with E-state index in [1.54, 1.807) is 0 Å². The second kappa shape index (κ2) is 23.3. The molecule has 0 saturated carbocycles. The number of hydrogen-bond donors (Lipinski definition) is 0. The van der Waals surface area contributed by atoms with Crippen LogP contribution in [0.1, 0.15) is 60.6 Å². The molecule has 0 bridgehead atoms. The molecule has 11 rings (SSSR count). The van der Waals surface area contributed by atoms with E-state index in [0.717, 1.165) is 32.5 Å². The number of halogens is 24. The monoisotopic (exact) mass is 1330 g/mol. The second-order valence-corrected chi connectivity index (χ2v) is 21.4. The summed E-state index contributed by atoms with van der Waals surface area (Å²) in [6.45, 7) is 0.578. The van der Waals surface area contributed by atoms with Gasteiger partial charge < -0.3 is 4.74 Å². The van der Waals surface area contributed by atoms with Crippen molar-refractivity contribution in [3.05, 3.63) is 250 Å². The molecule has 10 aromatic carbocycles. The Morgan fingerprint density at radius 1 is 0.323 bits per heavy atom. The Bertz CT molecular complexity index is 4200. The maximum absolute atomic E-state index is 14.2. The predicted molar refractivity (Wildman–Crippen MR) is 295 cm³/mol. The van der Waals surface area contributed by atoms with Crippen molar-refractivity contribution in [3.63, 3.8) is 0 Å². The first-order valence-corrected chi connectivity index (χ1v) is 26.7. The van der Waals surface area contributed by atoms with E-state index in [0.29, 0.717) is 18.0 Å². The van der Waals surface area contributed by atoms with Gasteiger partial charge in [0.1, 0.15) is 11.9 Å². The normalized spacial score (nSPS) is 13.2. The summed E-state index contributed by atoms with van der Waals surface area (Å²) in [6, 6.07) is 30.1. The fourth-order valence-electron chi connectivity index (χ4n) is 11.4. The van der Waals surface area contributed by atoms with Gasteiger partial charge in [-0.05, 0) is 69.4 Å². The molecule has 0 amide bonds. The minimum atomic E-state index is -6.13. The number of nitrogens with zero attached hydrogens (tertiary/aromatic N) is 1. The van der Waals surface area contributed by atoms with Gasteiger partial charge in [0.2, 0.25) is 0 Å². The van der Waals surface area contributed by atoms with E-state index in [1.165, 1.54) is 16.2 Å². The fourth-order valence-corrected chi connectivity index (χ4v) is 11.4. The Morgan fingerprint density at radius 2 is 0.645 bits per heavy atom. The van der Waals surface area contributed by atoms with E-state index in [1.807, 2.05) is 71.4 Å². The van der Waals surface area contributed by atoms with Crippen LogP contribution in [0.3, 0.4) is 0 Å². The summed E-state index contributed by atoms with van der Waals surface area (Å²) in [6.07, 6.45) is -52.8. The van der Waals surface area contributed by atoms with Crippen LogP contribution >= 0.6 is 0 Å². The number of rotatable bonds is 8. The van der Waals surface area contributed by atoms with Crippen LogP contribution in [0.4, 0.5) is 105 Å². The number of hydrogen-bond acceptors (Lipinski definition) is 2. The largest absolute Gasteiger partial charge is 0.418 e. The van der Waals surface area contributed by atoms with Gasteiger partial charge in [-0.3, -0.25) is 0 Å². The van der Waals surface area contributed by atoms with Crippen LogP contribution in [-0.2, 0) is 56.0 Å². The van der Waals surface area contributed by atoms with Crippen LogP contribution in [0, 0.1) is 0 Å². The van der Waals surface area contributed by atoms with Gasteiger partial charge in [-0.25, -0.2) is 4.79 Å². The first-order valence-electron chi connectivity index (χ1n) is 26.7. The number of benzene rings is 10. The topological polar surface area (TPSA) is 30.2 Å². The minimum Gasteiger partial charge on any atom is -0.418 e. The van der Waals surface area contributed by atoms with Gasteiger partial charge in [0, 0.05) is 22.4 Å². The Kier molecular flexibility index (Phi) is 16.6. The molecule has 0 saturated heterocycles. The zero-order valence-corrected chi connectivity index (χ0v) is 46.1. The Hall–Kier alpha value is -9.50. The van der Waals surface area contributed by atoms with Gasteiger partial charge in [-0.1, -0.05) is 140 Å². The average molecular weight is 1330 g/mol. The zero-order chi connectivity index (χ0) is 68.0. The summed E-state index contributed by atoms with van der Waals surface area (Å²) in [5.41, 5.74) is -28.5. The van der Waals surface area contributed by atoms with Gasteiger partial charge in [-0.2, -0.15) is 132 Å². The lowest BCUT2D eigenvalue weighted by molar-refractivity contribution is -0.689. The van der Waals surface area contributed by atoms with Gasteiger partial charge in [0.15, 0.2) is 12.7 Å². The molecule has 0 aliphatic heterocycles. The number of carbonyl (C=O) groups excluding carboxylic acids is 1. The smallest absolute Gasteiger partial charge is 0.416 e. The summed E-state index contributed by atoms with van der Waals surface area (Å²) in [4.78, 5) is 13.9. The van der Waals surface area contributed by atoms with E-state index in [4.69, 9.17) is 4.74 Å². The number of aromatic nitrogens is 1. The summed E-state index contributed by atoms with van der Waals surface area (Å²) in [7, 11) is 0. The molecule has 0 N–H and O–H groups in total. The molecule has 0 aliphatic carbocycles. The number of alkyl halides is 24. The molecule has 93 heavy (non-hydrogen) atoms. The zero-order valence-electron chi connectivity index (χ0n) is 46.1. The van der Waals surface area contributed by atoms with Crippen molar-refractivity contribution in [1.29, 1.82) is 0 Å². The highest BCUT2D eigenvalue weighted by atomic mass is 19.4. The van der Waals surface area contributed by atoms with Crippen molar-refractivity contribution in [2.45, 2.75) is 56.0 Å². The van der Waals surface area contributed by atoms with E-state index in [9.17, 15) is 110 Å². The summed E-state index contributed by atoms with van der Waals surface area (Å²) in [5, 5.41) is 8.66. The Balaban J connectivity index is 0.000000223. The predicted octanol–water partition coefficient (Wildman–Crippen LogP) is 18.5. The van der Waals surface area contributed by atoms with Crippen LogP contribution in [0.2, 0.25) is 0 Å². The summed E-state index contributed by atoms with van der Waals surface area (Å²) in [5.74, 6) is 0.211. The molecule has 0 fully saturated rings. The fraction of sp³-hybridized carbons (Fsp3) is 0.138. The molecule has 482 valence electrons. The molecule has 3 nitrogen and oxygen atoms in total. The maximum atomic E-state index is 14.2. The maximum Gasteiger partial charge on any atom is 0.416 e. The molecule has 11 aromatic rings. The first kappa shape index (κ1) is 66.4. The van der Waals surface area contributed by atoms with E-state index >= 15 is 0 Å². The number of fused-ring (bicyclic) bond motifs is 1. The molecule has 28 heteroatoms. The average Bonchev–Trinajstić information content (AvgIpc) is 0.714. The number of carbonyl (C=O) groups is 1. The molecule has 1 heterocycles. The van der Waals surface area contributed by atoms with Crippen LogP contribution in [0.25, 0.3) is 43.1 Å². The van der Waals surface area contributed by atoms with Crippen molar-refractivity contribution in [1.82, 2.24) is 0 Å². The highest BCUT2D eigenvalue weighted by Gasteiger charge is 2.47. The molecule has 0 spiro atoms. The third-order valence-corrected chi connectivity index (χ3v) is 15.5. The Morgan fingerprint density at radius 3 is 1.02 bits per heavy atom. The van der Waals surface area contributed by atoms with Gasteiger partial charge >= 0.3 is 55.4 Å². The molecule has 0 aliphatic rings. The van der Waals surface area contributed by atoms with Crippen LogP contribution in [0.5, 0.6) is 5.75 Å². The third-order valence-electron chi connectivity index (χ3n) is 15.5. The van der Waals surface area contributed by atoms with Crippen LogP contribution in [0.15, 0.2) is 194 Å². The van der Waals surface area contributed by atoms with Crippen molar-refractivity contribution in [2.24, 2.45) is 0 Å². The van der Waals surface area contributed by atoms with Crippen LogP contribution < -0.4 is 31.2 Å². The standard InChI is InChI=1S/C33H22NO2.C32H12BF24/c35-33(32-27-12-5-4-9-23(27)19-20-34(32)21-22-7-2-1-3-8-22)36-29-18-16-26-14-13-24-10-6-11-25-15-17-28(29)31(26)30(24)25;34-25(35,36)13-1-14(26(37,38)39)6-21(5-13)33(22-7-15(27(40,41)42)2-16(8-22)28(43,44)45,23-9-17(29(46,47)48)3-18(10-23)30(49,50)51)24-11-19(31(52,53)54)4-20(12-24)32(55,56)57/h1-20H,21H2;1-12H/q+1;-1. The lowest BCUT2D eigenvalue weighted by Gasteiger charge is -2.46. The molecule has 0 atom stereocenters. The van der Waals surface area contributed by atoms with E-state index in [-0.39, 0.29) is 5.97 Å². The van der Waals surface area contributed by atoms with Crippen LogP contribution in [-0.4, -0.2) is 12.1 Å². The van der Waals surface area contributed by atoms with Gasteiger partial charge in [0.05, 0.1) is 49.9 Å². The lowest BCUT2D eigenvalue weighted by Crippen LogP contribution is -2.75. The van der Waals surface area contributed by atoms with Gasteiger partial charge in [-0.15, -0.1) is 0 Å². The molecule has 0 radical (unpaired) electrons. The van der Waals surface area contributed by atoms with Crippen molar-refractivity contribution in [3.8, 4) is 5.75 Å². The first-order chi connectivity index (χ1) is 43.0. The molecular formula is C65H34BF24NO2.